The van der Waals surface area contributed by atoms with Gasteiger partial charge in [-0.3, -0.25) is 0 Å². The molecule has 0 unspecified atom stereocenters. The number of thioether (sulfide) groups is 1. The van der Waals surface area contributed by atoms with Gasteiger partial charge in [0.15, 0.2) is 0 Å². The summed E-state index contributed by atoms with van der Waals surface area (Å²) in [7, 11) is 0. The average Bonchev–Trinajstić information content (AvgIpc) is 1.91. The second-order valence-corrected chi connectivity index (χ2v) is 2.83. The second-order valence-electron chi connectivity index (χ2n) is 1.66. The first kappa shape index (κ1) is 6.56. The molecule has 0 amide bonds. The van der Waals surface area contributed by atoms with E-state index in [4.69, 9.17) is 0 Å². The van der Waals surface area contributed by atoms with E-state index >= 15 is 0 Å². The van der Waals surface area contributed by atoms with Crippen LogP contribution in [0.2, 0.25) is 0 Å². The van der Waals surface area contributed by atoms with Gasteiger partial charge < -0.3 is 0 Å². The lowest BCUT2D eigenvalue weighted by Crippen LogP contribution is -1.68. The monoisotopic (exact) mass is 137 g/mol. The highest BCUT2D eigenvalue weighted by Crippen LogP contribution is 2.15. The van der Waals surface area contributed by atoms with Crippen LogP contribution in [0, 0.1) is 6.92 Å². The minimum Gasteiger partial charge on any atom is -0.0778 e. The molecular formula is C8H9S+. The smallest absolute Gasteiger partial charge is 0.0778 e. The number of rotatable bonds is 2. The third-order valence-electron chi connectivity index (χ3n) is 1.01. The van der Waals surface area contributed by atoms with Crippen LogP contribution in [-0.2, 0) is 0 Å². The molecular weight excluding hydrogens is 128 g/mol. The first-order chi connectivity index (χ1) is 4.43. The predicted molar refractivity (Wildman–Crippen MR) is 42.5 cm³/mol. The fraction of sp³-hybridized carbons (Fsp3) is 0.125. The molecule has 0 radical (unpaired) electrons. The molecule has 0 saturated carbocycles. The molecule has 0 heterocycles. The van der Waals surface area contributed by atoms with E-state index in [1.54, 1.807) is 11.8 Å². The van der Waals surface area contributed by atoms with Crippen molar-refractivity contribution in [3.05, 3.63) is 37.3 Å². The summed E-state index contributed by atoms with van der Waals surface area (Å²) in [5.74, 6) is 0.907. The molecule has 0 fully saturated rings. The average molecular weight is 137 g/mol. The molecule has 0 aliphatic rings. The Labute approximate surface area is 60.3 Å². The van der Waals surface area contributed by atoms with Crippen LogP contribution < -0.4 is 0 Å². The molecule has 1 heteroatoms. The Hall–Kier alpha value is -0.560. The van der Waals surface area contributed by atoms with Crippen LogP contribution in [0.3, 0.4) is 0 Å². The van der Waals surface area contributed by atoms with Crippen LogP contribution in [0.5, 0.6) is 0 Å². The lowest BCUT2D eigenvalue weighted by molar-refractivity contribution is 1.46. The van der Waals surface area contributed by atoms with Crippen molar-refractivity contribution in [2.24, 2.45) is 0 Å². The van der Waals surface area contributed by atoms with Gasteiger partial charge in [0.05, 0.1) is 6.92 Å². The molecule has 0 nitrogen and oxygen atoms in total. The maximum absolute atomic E-state index is 3.74. The number of hydrogen-bond donors (Lipinski definition) is 0. The van der Waals surface area contributed by atoms with Crippen molar-refractivity contribution >= 4 is 11.8 Å². The predicted octanol–water partition coefficient (Wildman–Crippen LogP) is 2.61. The zero-order valence-corrected chi connectivity index (χ0v) is 6.03. The summed E-state index contributed by atoms with van der Waals surface area (Å²) < 4.78 is 0. The first-order valence-corrected chi connectivity index (χ1v) is 3.89. The van der Waals surface area contributed by atoms with E-state index in [-0.39, 0.29) is 0 Å². The maximum Gasteiger partial charge on any atom is 0.135 e. The molecule has 0 saturated heterocycles. The third kappa shape index (κ3) is 2.02. The number of benzene rings is 1. The highest BCUT2D eigenvalue weighted by Gasteiger charge is 1.88. The minimum atomic E-state index is 0.907. The molecule has 0 N–H and O–H groups in total. The lowest BCUT2D eigenvalue weighted by Gasteiger charge is -1.90. The summed E-state index contributed by atoms with van der Waals surface area (Å²) in [6.45, 7) is 3.74. The molecule has 0 aromatic heterocycles. The molecule has 0 spiro atoms. The van der Waals surface area contributed by atoms with Gasteiger partial charge in [-0.25, -0.2) is 0 Å². The zero-order chi connectivity index (χ0) is 6.53. The molecule has 1 aromatic rings. The van der Waals surface area contributed by atoms with Crippen LogP contribution in [0.1, 0.15) is 0 Å². The highest BCUT2D eigenvalue weighted by atomic mass is 32.2. The second kappa shape index (κ2) is 3.46. The molecule has 1 aromatic carbocycles. The van der Waals surface area contributed by atoms with E-state index in [0.29, 0.717) is 0 Å². The van der Waals surface area contributed by atoms with E-state index in [9.17, 15) is 0 Å². The van der Waals surface area contributed by atoms with E-state index < -0.39 is 0 Å². The normalized spacial score (nSPS) is 9.33. The Morgan fingerprint density at radius 2 is 1.89 bits per heavy atom. The Bertz CT molecular complexity index is 157. The summed E-state index contributed by atoms with van der Waals surface area (Å²) in [6, 6.07) is 10.3. The molecule has 46 valence electrons. The number of hydrogen-bond acceptors (Lipinski definition) is 1. The molecule has 0 aliphatic heterocycles. The van der Waals surface area contributed by atoms with E-state index in [1.807, 2.05) is 18.2 Å². The molecule has 0 bridgehead atoms. The van der Waals surface area contributed by atoms with E-state index in [2.05, 4.69) is 19.1 Å². The molecule has 0 atom stereocenters. The third-order valence-corrected chi connectivity index (χ3v) is 1.82. The summed E-state index contributed by atoms with van der Waals surface area (Å²) in [5.41, 5.74) is 0. The Balaban J connectivity index is 2.61. The van der Waals surface area contributed by atoms with E-state index in [1.165, 1.54) is 4.90 Å². The minimum absolute atomic E-state index is 0.907. The van der Waals surface area contributed by atoms with Crippen molar-refractivity contribution in [1.29, 1.82) is 0 Å². The van der Waals surface area contributed by atoms with Crippen molar-refractivity contribution in [1.82, 2.24) is 0 Å². The van der Waals surface area contributed by atoms with Crippen LogP contribution >= 0.6 is 11.8 Å². The highest BCUT2D eigenvalue weighted by molar-refractivity contribution is 7.99. The standard InChI is InChI=1S/C8H9S/c1-2-9-8-6-4-3-5-7-8/h3-7H,1-2H2/q+1. The van der Waals surface area contributed by atoms with Gasteiger partial charge in [0.25, 0.3) is 0 Å². The van der Waals surface area contributed by atoms with Crippen molar-refractivity contribution in [2.75, 3.05) is 5.75 Å². The van der Waals surface area contributed by atoms with Gasteiger partial charge in [0.2, 0.25) is 0 Å². The molecule has 9 heavy (non-hydrogen) atoms. The van der Waals surface area contributed by atoms with Crippen molar-refractivity contribution in [2.45, 2.75) is 4.90 Å². The Morgan fingerprint density at radius 3 is 2.44 bits per heavy atom. The topological polar surface area (TPSA) is 0 Å². The van der Waals surface area contributed by atoms with Crippen molar-refractivity contribution in [3.63, 3.8) is 0 Å². The molecule has 0 aliphatic carbocycles. The van der Waals surface area contributed by atoms with Crippen LogP contribution in [0.4, 0.5) is 0 Å². The fourth-order valence-electron chi connectivity index (χ4n) is 0.635. The quantitative estimate of drug-likeness (QED) is 0.446. The zero-order valence-electron chi connectivity index (χ0n) is 5.21. The van der Waals surface area contributed by atoms with Crippen molar-refractivity contribution < 1.29 is 0 Å². The van der Waals surface area contributed by atoms with Gasteiger partial charge in [-0.15, -0.1) is 0 Å². The van der Waals surface area contributed by atoms with Gasteiger partial charge in [0.1, 0.15) is 5.75 Å². The van der Waals surface area contributed by atoms with Gasteiger partial charge >= 0.3 is 0 Å². The maximum atomic E-state index is 3.74. The van der Waals surface area contributed by atoms with Crippen LogP contribution in [-0.4, -0.2) is 5.75 Å². The summed E-state index contributed by atoms with van der Waals surface area (Å²) in [6.07, 6.45) is 0. The van der Waals surface area contributed by atoms with Crippen LogP contribution in [0.25, 0.3) is 0 Å². The van der Waals surface area contributed by atoms with Gasteiger partial charge in [-0.1, -0.05) is 30.0 Å². The first-order valence-electron chi connectivity index (χ1n) is 2.90. The Morgan fingerprint density at radius 1 is 1.22 bits per heavy atom. The Kier molecular flexibility index (Phi) is 2.52. The van der Waals surface area contributed by atoms with Crippen LogP contribution in [0.15, 0.2) is 35.2 Å². The van der Waals surface area contributed by atoms with Gasteiger partial charge in [-0.05, 0) is 12.1 Å². The summed E-state index contributed by atoms with van der Waals surface area (Å²) in [4.78, 5) is 1.30. The van der Waals surface area contributed by atoms with Gasteiger partial charge in [0, 0.05) is 4.90 Å². The lowest BCUT2D eigenvalue weighted by atomic mass is 10.4. The summed E-state index contributed by atoms with van der Waals surface area (Å²) >= 11 is 1.76. The SMILES string of the molecule is [CH2+]CSc1ccccc1. The van der Waals surface area contributed by atoms with E-state index in [0.717, 1.165) is 5.75 Å². The molecule has 1 rings (SSSR count). The fourth-order valence-corrected chi connectivity index (χ4v) is 1.22. The summed E-state index contributed by atoms with van der Waals surface area (Å²) in [5, 5.41) is 0. The van der Waals surface area contributed by atoms with Crippen molar-refractivity contribution in [3.8, 4) is 0 Å². The largest absolute Gasteiger partial charge is 0.135 e. The van der Waals surface area contributed by atoms with Gasteiger partial charge in [-0.2, -0.15) is 0 Å².